The zero-order valence-electron chi connectivity index (χ0n) is 12.0. The van der Waals surface area contributed by atoms with Crippen LogP contribution in [0.1, 0.15) is 17.0 Å². The molecule has 0 fully saturated rings. The zero-order chi connectivity index (χ0) is 15.7. The van der Waals surface area contributed by atoms with Gasteiger partial charge < -0.3 is 8.83 Å². The molecule has 0 spiro atoms. The second kappa shape index (κ2) is 5.38. The molecule has 7 nitrogen and oxygen atoms in total. The van der Waals surface area contributed by atoms with Gasteiger partial charge in [0.1, 0.15) is 11.5 Å². The van der Waals surface area contributed by atoms with Crippen LogP contribution >= 0.6 is 0 Å². The summed E-state index contributed by atoms with van der Waals surface area (Å²) in [5, 5.41) is -0.222. The van der Waals surface area contributed by atoms with Crippen molar-refractivity contribution in [3.8, 4) is 11.7 Å². The van der Waals surface area contributed by atoms with E-state index < -0.39 is 9.84 Å². The summed E-state index contributed by atoms with van der Waals surface area (Å²) in [6, 6.07) is 3.39. The summed E-state index contributed by atoms with van der Waals surface area (Å²) in [6.45, 7) is 3.44. The molecular formula is C14H13N3O4S. The average molecular weight is 319 g/mol. The fourth-order valence-corrected chi connectivity index (χ4v) is 3.04. The lowest BCUT2D eigenvalue weighted by Crippen LogP contribution is -2.10. The van der Waals surface area contributed by atoms with Crippen molar-refractivity contribution in [2.75, 3.05) is 0 Å². The SMILES string of the molecule is Cc1cnc(S(=O)(=O)Cc2nc(-c3ccco3)oc2C)nc1. The highest BCUT2D eigenvalue weighted by Crippen LogP contribution is 2.24. The van der Waals surface area contributed by atoms with Crippen LogP contribution in [0.3, 0.4) is 0 Å². The molecule has 22 heavy (non-hydrogen) atoms. The Morgan fingerprint density at radius 1 is 1.18 bits per heavy atom. The molecule has 0 aromatic carbocycles. The van der Waals surface area contributed by atoms with Crippen molar-refractivity contribution in [1.29, 1.82) is 0 Å². The third-order valence-electron chi connectivity index (χ3n) is 2.99. The molecule has 3 rings (SSSR count). The molecule has 0 aliphatic rings. The van der Waals surface area contributed by atoms with Crippen LogP contribution in [0.4, 0.5) is 0 Å². The molecule has 114 valence electrons. The molecule has 0 saturated carbocycles. The quantitative estimate of drug-likeness (QED) is 0.680. The Hall–Kier alpha value is -2.48. The monoisotopic (exact) mass is 319 g/mol. The maximum Gasteiger partial charge on any atom is 0.263 e. The fourth-order valence-electron chi connectivity index (χ4n) is 1.85. The highest BCUT2D eigenvalue weighted by Gasteiger charge is 2.23. The van der Waals surface area contributed by atoms with E-state index in [0.29, 0.717) is 17.2 Å². The van der Waals surface area contributed by atoms with Gasteiger partial charge in [-0.2, -0.15) is 0 Å². The number of aryl methyl sites for hydroxylation is 2. The van der Waals surface area contributed by atoms with Crippen LogP contribution in [0.25, 0.3) is 11.7 Å². The number of hydrogen-bond donors (Lipinski definition) is 0. The molecule has 0 bridgehead atoms. The van der Waals surface area contributed by atoms with E-state index in [4.69, 9.17) is 8.83 Å². The van der Waals surface area contributed by atoms with Crippen LogP contribution in [0, 0.1) is 13.8 Å². The van der Waals surface area contributed by atoms with Gasteiger partial charge in [-0.1, -0.05) is 0 Å². The van der Waals surface area contributed by atoms with Gasteiger partial charge in [-0.3, -0.25) is 0 Å². The van der Waals surface area contributed by atoms with Gasteiger partial charge in [0.2, 0.25) is 15.0 Å². The van der Waals surface area contributed by atoms with Crippen molar-refractivity contribution >= 4 is 9.84 Å². The minimum atomic E-state index is -3.68. The number of aromatic nitrogens is 3. The Balaban J connectivity index is 1.91. The van der Waals surface area contributed by atoms with Crippen LogP contribution < -0.4 is 0 Å². The van der Waals surface area contributed by atoms with E-state index in [0.717, 1.165) is 5.56 Å². The van der Waals surface area contributed by atoms with Crippen LogP contribution in [-0.4, -0.2) is 23.4 Å². The van der Waals surface area contributed by atoms with E-state index in [9.17, 15) is 8.42 Å². The van der Waals surface area contributed by atoms with Crippen molar-refractivity contribution in [2.45, 2.75) is 24.8 Å². The lowest BCUT2D eigenvalue weighted by atomic mass is 10.4. The summed E-state index contributed by atoms with van der Waals surface area (Å²) >= 11 is 0. The number of furan rings is 1. The first kappa shape index (κ1) is 14.5. The molecule has 8 heteroatoms. The van der Waals surface area contributed by atoms with E-state index in [1.807, 2.05) is 0 Å². The molecule has 3 heterocycles. The Labute approximate surface area is 127 Å². The summed E-state index contributed by atoms with van der Waals surface area (Å²) in [5.74, 6) is 0.782. The Morgan fingerprint density at radius 3 is 2.55 bits per heavy atom. The van der Waals surface area contributed by atoms with Crippen LogP contribution in [0.2, 0.25) is 0 Å². The normalized spacial score (nSPS) is 11.7. The average Bonchev–Trinajstić information content (AvgIpc) is 3.10. The van der Waals surface area contributed by atoms with Crippen LogP contribution in [0.5, 0.6) is 0 Å². The van der Waals surface area contributed by atoms with Gasteiger partial charge >= 0.3 is 0 Å². The molecule has 0 radical (unpaired) electrons. The molecule has 0 N–H and O–H groups in total. The van der Waals surface area contributed by atoms with Gasteiger partial charge in [0.25, 0.3) is 5.89 Å². The van der Waals surface area contributed by atoms with Crippen molar-refractivity contribution in [2.24, 2.45) is 0 Å². The second-order valence-electron chi connectivity index (χ2n) is 4.80. The van der Waals surface area contributed by atoms with E-state index in [-0.39, 0.29) is 16.8 Å². The Morgan fingerprint density at radius 2 is 1.91 bits per heavy atom. The molecule has 3 aromatic rings. The lowest BCUT2D eigenvalue weighted by Gasteiger charge is -2.01. The predicted molar refractivity (Wildman–Crippen MR) is 76.6 cm³/mol. The van der Waals surface area contributed by atoms with Gasteiger partial charge in [-0.25, -0.2) is 23.4 Å². The fraction of sp³-hybridized carbons (Fsp3) is 0.214. The van der Waals surface area contributed by atoms with Crippen LogP contribution in [-0.2, 0) is 15.6 Å². The smallest absolute Gasteiger partial charge is 0.263 e. The largest absolute Gasteiger partial charge is 0.459 e. The third kappa shape index (κ3) is 2.77. The highest BCUT2D eigenvalue weighted by atomic mass is 32.2. The molecule has 0 atom stereocenters. The minimum absolute atomic E-state index is 0.222. The predicted octanol–water partition coefficient (Wildman–Crippen LogP) is 2.32. The van der Waals surface area contributed by atoms with Crippen molar-refractivity contribution < 1.29 is 17.3 Å². The van der Waals surface area contributed by atoms with Crippen molar-refractivity contribution in [3.05, 3.63) is 47.8 Å². The molecule has 0 amide bonds. The van der Waals surface area contributed by atoms with Gasteiger partial charge in [-0.05, 0) is 31.5 Å². The minimum Gasteiger partial charge on any atom is -0.459 e. The number of oxazole rings is 1. The van der Waals surface area contributed by atoms with Gasteiger partial charge in [0.05, 0.1) is 12.0 Å². The molecule has 0 aliphatic heterocycles. The first-order valence-corrected chi connectivity index (χ1v) is 8.12. The number of rotatable bonds is 4. The Kier molecular flexibility index (Phi) is 3.53. The summed E-state index contributed by atoms with van der Waals surface area (Å²) in [7, 11) is -3.68. The third-order valence-corrected chi connectivity index (χ3v) is 4.41. The lowest BCUT2D eigenvalue weighted by molar-refractivity contribution is 0.500. The van der Waals surface area contributed by atoms with E-state index >= 15 is 0 Å². The van der Waals surface area contributed by atoms with Crippen molar-refractivity contribution in [1.82, 2.24) is 15.0 Å². The van der Waals surface area contributed by atoms with E-state index in [1.54, 1.807) is 26.0 Å². The molecule has 3 aromatic heterocycles. The topological polar surface area (TPSA) is 99.1 Å². The van der Waals surface area contributed by atoms with Gasteiger partial charge in [0.15, 0.2) is 5.76 Å². The second-order valence-corrected chi connectivity index (χ2v) is 6.68. The van der Waals surface area contributed by atoms with Gasteiger partial charge in [-0.15, -0.1) is 0 Å². The molecule has 0 saturated heterocycles. The first-order valence-electron chi connectivity index (χ1n) is 6.47. The van der Waals surface area contributed by atoms with E-state index in [2.05, 4.69) is 15.0 Å². The maximum absolute atomic E-state index is 12.3. The van der Waals surface area contributed by atoms with Gasteiger partial charge in [0, 0.05) is 12.4 Å². The molecular weight excluding hydrogens is 306 g/mol. The molecule has 0 unspecified atom stereocenters. The van der Waals surface area contributed by atoms with Crippen LogP contribution in [0.15, 0.2) is 44.8 Å². The summed E-state index contributed by atoms with van der Waals surface area (Å²) < 4.78 is 35.3. The summed E-state index contributed by atoms with van der Waals surface area (Å²) in [6.07, 6.45) is 4.42. The highest BCUT2D eigenvalue weighted by molar-refractivity contribution is 7.90. The summed E-state index contributed by atoms with van der Waals surface area (Å²) in [5.41, 5.74) is 1.10. The number of hydrogen-bond acceptors (Lipinski definition) is 7. The Bertz CT molecular complexity index is 881. The number of sulfone groups is 1. The maximum atomic E-state index is 12.3. The van der Waals surface area contributed by atoms with Crippen molar-refractivity contribution in [3.63, 3.8) is 0 Å². The first-order chi connectivity index (χ1) is 10.5. The zero-order valence-corrected chi connectivity index (χ0v) is 12.8. The standard InChI is InChI=1S/C14H13N3O4S/c1-9-6-15-14(16-7-9)22(18,19)8-11-10(2)21-13(17-11)12-4-3-5-20-12/h3-7H,8H2,1-2H3. The number of nitrogens with zero attached hydrogens (tertiary/aromatic N) is 3. The van der Waals surface area contributed by atoms with E-state index in [1.165, 1.54) is 18.7 Å². The summed E-state index contributed by atoms with van der Waals surface area (Å²) in [4.78, 5) is 11.9. The molecule has 0 aliphatic carbocycles.